The van der Waals surface area contributed by atoms with E-state index in [0.29, 0.717) is 12.0 Å². The summed E-state index contributed by atoms with van der Waals surface area (Å²) in [6, 6.07) is 0.610. The predicted molar refractivity (Wildman–Crippen MR) is 96.1 cm³/mol. The molecule has 3 fully saturated rings. The second kappa shape index (κ2) is 7.62. The number of likely N-dealkylation sites (tertiary alicyclic amines) is 3. The summed E-state index contributed by atoms with van der Waals surface area (Å²) in [6.45, 7) is 9.85. The highest BCUT2D eigenvalue weighted by Crippen LogP contribution is 2.45. The molecule has 3 saturated heterocycles. The van der Waals surface area contributed by atoms with Gasteiger partial charge in [-0.25, -0.2) is 0 Å². The van der Waals surface area contributed by atoms with Crippen molar-refractivity contribution in [2.24, 2.45) is 11.3 Å². The smallest absolute Gasteiger partial charge is 0.219 e. The SMILES string of the molecule is COCC1CN(C(C)=O)CC12CCN(C1CCN(C(C)=O)CC1)CC2. The van der Waals surface area contributed by atoms with Crippen LogP contribution in [0, 0.1) is 11.3 Å². The maximum Gasteiger partial charge on any atom is 0.219 e. The third-order valence-electron chi connectivity index (χ3n) is 6.85. The van der Waals surface area contributed by atoms with Crippen molar-refractivity contribution in [1.29, 1.82) is 0 Å². The minimum atomic E-state index is 0.192. The molecule has 142 valence electrons. The van der Waals surface area contributed by atoms with Gasteiger partial charge in [0, 0.05) is 59.1 Å². The number of nitrogens with zero attached hydrogens (tertiary/aromatic N) is 3. The molecule has 0 aromatic carbocycles. The summed E-state index contributed by atoms with van der Waals surface area (Å²) in [5, 5.41) is 0. The predicted octanol–water partition coefficient (Wildman–Crippen LogP) is 1.20. The van der Waals surface area contributed by atoms with Crippen LogP contribution in [0.5, 0.6) is 0 Å². The molecule has 3 heterocycles. The Hall–Kier alpha value is -1.14. The van der Waals surface area contributed by atoms with E-state index in [1.807, 2.05) is 9.80 Å². The number of hydrogen-bond acceptors (Lipinski definition) is 4. The molecule has 6 heteroatoms. The van der Waals surface area contributed by atoms with E-state index in [1.54, 1.807) is 21.0 Å². The van der Waals surface area contributed by atoms with Crippen molar-refractivity contribution in [3.8, 4) is 0 Å². The van der Waals surface area contributed by atoms with Crippen LogP contribution in [-0.4, -0.2) is 85.5 Å². The van der Waals surface area contributed by atoms with E-state index in [1.165, 1.54) is 0 Å². The van der Waals surface area contributed by atoms with E-state index in [-0.39, 0.29) is 17.2 Å². The van der Waals surface area contributed by atoms with Crippen molar-refractivity contribution in [3.63, 3.8) is 0 Å². The largest absolute Gasteiger partial charge is 0.384 e. The Morgan fingerprint density at radius 2 is 1.60 bits per heavy atom. The molecular weight excluding hydrogens is 318 g/mol. The quantitative estimate of drug-likeness (QED) is 0.767. The Bertz CT molecular complexity index is 494. The molecular formula is C19H33N3O3. The summed E-state index contributed by atoms with van der Waals surface area (Å²) in [7, 11) is 1.77. The van der Waals surface area contributed by atoms with Gasteiger partial charge in [-0.1, -0.05) is 0 Å². The van der Waals surface area contributed by atoms with Gasteiger partial charge in [-0.05, 0) is 44.2 Å². The van der Waals surface area contributed by atoms with Crippen molar-refractivity contribution in [2.45, 2.75) is 45.6 Å². The van der Waals surface area contributed by atoms with Gasteiger partial charge in [-0.3, -0.25) is 9.59 Å². The maximum absolute atomic E-state index is 11.9. The Labute approximate surface area is 151 Å². The average Bonchev–Trinajstić information content (AvgIpc) is 2.95. The van der Waals surface area contributed by atoms with Gasteiger partial charge in [0.15, 0.2) is 0 Å². The third-order valence-corrected chi connectivity index (χ3v) is 6.85. The molecule has 6 nitrogen and oxygen atoms in total. The molecule has 0 bridgehead atoms. The van der Waals surface area contributed by atoms with Crippen LogP contribution in [0.25, 0.3) is 0 Å². The van der Waals surface area contributed by atoms with Gasteiger partial charge in [0.05, 0.1) is 6.61 Å². The van der Waals surface area contributed by atoms with Crippen LogP contribution < -0.4 is 0 Å². The molecule has 3 aliphatic heterocycles. The molecule has 1 atom stereocenters. The van der Waals surface area contributed by atoms with E-state index < -0.39 is 0 Å². The van der Waals surface area contributed by atoms with Gasteiger partial charge in [-0.2, -0.15) is 0 Å². The summed E-state index contributed by atoms with van der Waals surface area (Å²) >= 11 is 0. The van der Waals surface area contributed by atoms with Gasteiger partial charge in [-0.15, -0.1) is 0 Å². The first kappa shape index (κ1) is 18.6. The van der Waals surface area contributed by atoms with Crippen LogP contribution in [-0.2, 0) is 14.3 Å². The lowest BCUT2D eigenvalue weighted by Crippen LogP contribution is -2.52. The zero-order valence-electron chi connectivity index (χ0n) is 16.0. The number of hydrogen-bond donors (Lipinski definition) is 0. The number of piperidine rings is 2. The maximum atomic E-state index is 11.9. The van der Waals surface area contributed by atoms with Crippen molar-refractivity contribution < 1.29 is 14.3 Å². The molecule has 1 spiro atoms. The molecule has 0 radical (unpaired) electrons. The second-order valence-corrected chi connectivity index (χ2v) is 8.19. The standard InChI is InChI=1S/C19H33N3O3/c1-15(23)20-8-4-18(5-9-20)21-10-6-19(7-11-21)14-22(16(2)24)12-17(19)13-25-3/h17-18H,4-14H2,1-3H3. The monoisotopic (exact) mass is 351 g/mol. The second-order valence-electron chi connectivity index (χ2n) is 8.19. The molecule has 0 N–H and O–H groups in total. The number of rotatable bonds is 3. The van der Waals surface area contributed by atoms with Crippen molar-refractivity contribution in [1.82, 2.24) is 14.7 Å². The average molecular weight is 351 g/mol. The normalized spacial score (nSPS) is 27.9. The first-order valence-electron chi connectivity index (χ1n) is 9.69. The zero-order valence-corrected chi connectivity index (χ0v) is 16.0. The highest BCUT2D eigenvalue weighted by Gasteiger charge is 2.49. The fraction of sp³-hybridized carbons (Fsp3) is 0.895. The summed E-state index contributed by atoms with van der Waals surface area (Å²) in [6.07, 6.45) is 4.48. The number of carbonyl (C=O) groups excluding carboxylic acids is 2. The highest BCUT2D eigenvalue weighted by molar-refractivity contribution is 5.74. The molecule has 0 aliphatic carbocycles. The van der Waals surface area contributed by atoms with Gasteiger partial charge in [0.25, 0.3) is 0 Å². The van der Waals surface area contributed by atoms with Gasteiger partial charge >= 0.3 is 0 Å². The number of carbonyl (C=O) groups is 2. The molecule has 0 aromatic rings. The minimum absolute atomic E-state index is 0.192. The van der Waals surface area contributed by atoms with Crippen LogP contribution in [0.15, 0.2) is 0 Å². The molecule has 2 amide bonds. The summed E-state index contributed by atoms with van der Waals surface area (Å²) in [4.78, 5) is 30.0. The van der Waals surface area contributed by atoms with Gasteiger partial charge < -0.3 is 19.4 Å². The van der Waals surface area contributed by atoms with Crippen molar-refractivity contribution >= 4 is 11.8 Å². The molecule has 0 saturated carbocycles. The summed E-state index contributed by atoms with van der Waals surface area (Å²) in [5.41, 5.74) is 0.234. The summed E-state index contributed by atoms with van der Waals surface area (Å²) < 4.78 is 5.47. The van der Waals surface area contributed by atoms with Crippen molar-refractivity contribution in [2.75, 3.05) is 53.0 Å². The first-order valence-corrected chi connectivity index (χ1v) is 9.69. The van der Waals surface area contributed by atoms with E-state index in [2.05, 4.69) is 4.90 Å². The Morgan fingerprint density at radius 1 is 1.00 bits per heavy atom. The van der Waals surface area contributed by atoms with Crippen molar-refractivity contribution in [3.05, 3.63) is 0 Å². The molecule has 3 aliphatic rings. The van der Waals surface area contributed by atoms with Gasteiger partial charge in [0.1, 0.15) is 0 Å². The number of ether oxygens (including phenoxy) is 1. The van der Waals surface area contributed by atoms with Gasteiger partial charge in [0.2, 0.25) is 11.8 Å². The Morgan fingerprint density at radius 3 is 2.12 bits per heavy atom. The highest BCUT2D eigenvalue weighted by atomic mass is 16.5. The molecule has 0 aromatic heterocycles. The van der Waals surface area contributed by atoms with E-state index in [9.17, 15) is 9.59 Å². The lowest BCUT2D eigenvalue weighted by atomic mass is 9.70. The summed E-state index contributed by atoms with van der Waals surface area (Å²) in [5.74, 6) is 0.855. The first-order chi connectivity index (χ1) is 11.9. The topological polar surface area (TPSA) is 53.1 Å². The molecule has 25 heavy (non-hydrogen) atoms. The van der Waals surface area contributed by atoms with Crippen LogP contribution in [0.4, 0.5) is 0 Å². The minimum Gasteiger partial charge on any atom is -0.384 e. The van der Waals surface area contributed by atoms with Crippen LogP contribution in [0.1, 0.15) is 39.5 Å². The lowest BCUT2D eigenvalue weighted by Gasteiger charge is -2.46. The lowest BCUT2D eigenvalue weighted by molar-refractivity contribution is -0.131. The number of amides is 2. The fourth-order valence-corrected chi connectivity index (χ4v) is 5.15. The van der Waals surface area contributed by atoms with E-state index >= 15 is 0 Å². The molecule has 1 unspecified atom stereocenters. The van der Waals surface area contributed by atoms with E-state index in [0.717, 1.165) is 71.6 Å². The van der Waals surface area contributed by atoms with Crippen LogP contribution in [0.2, 0.25) is 0 Å². The number of methoxy groups -OCH3 is 1. The molecule has 3 rings (SSSR count). The van der Waals surface area contributed by atoms with Crippen LogP contribution in [0.3, 0.4) is 0 Å². The van der Waals surface area contributed by atoms with Crippen LogP contribution >= 0.6 is 0 Å². The Kier molecular flexibility index (Phi) is 5.68. The van der Waals surface area contributed by atoms with E-state index in [4.69, 9.17) is 4.74 Å². The third kappa shape index (κ3) is 3.85. The Balaban J connectivity index is 1.57. The fourth-order valence-electron chi connectivity index (χ4n) is 5.15. The zero-order chi connectivity index (χ0) is 18.0.